The second-order valence-corrected chi connectivity index (χ2v) is 0.962. The average molecular weight is 264 g/mol. The number of hydrogen-bond acceptors (Lipinski definition) is 0. The van der Waals surface area contributed by atoms with Crippen LogP contribution in [0.3, 0.4) is 0 Å². The van der Waals surface area contributed by atoms with Gasteiger partial charge in [0.1, 0.15) is 0 Å². The van der Waals surface area contributed by atoms with E-state index in [0.717, 1.165) is 0 Å². The van der Waals surface area contributed by atoms with Crippen LogP contribution >= 0.6 is 0 Å². The van der Waals surface area contributed by atoms with Gasteiger partial charge in [-0.05, 0) is 0 Å². The van der Waals surface area contributed by atoms with Gasteiger partial charge in [-0.3, -0.25) is 0 Å². The average Bonchev–Trinajstić information content (AvgIpc) is 1.76. The van der Waals surface area contributed by atoms with E-state index in [9.17, 15) is 0 Å². The molecule has 1 aromatic rings. The molecule has 0 amide bonds. The molecule has 0 unspecified atom stereocenters. The van der Waals surface area contributed by atoms with Crippen molar-refractivity contribution in [2.75, 3.05) is 0 Å². The fourth-order valence-corrected chi connectivity index (χ4v) is 0.321. The van der Waals surface area contributed by atoms with Crippen LogP contribution < -0.4 is 0 Å². The summed E-state index contributed by atoms with van der Waals surface area (Å²) in [4.78, 5) is 0. The molecule has 0 aliphatic rings. The van der Waals surface area contributed by atoms with E-state index in [1.54, 1.807) is 0 Å². The van der Waals surface area contributed by atoms with Crippen LogP contribution in [0.2, 0.25) is 0 Å². The van der Waals surface area contributed by atoms with E-state index in [1.807, 2.05) is 30.3 Å². The fourth-order valence-electron chi connectivity index (χ4n) is 0.321. The van der Waals surface area contributed by atoms with Crippen LogP contribution in [0.15, 0.2) is 30.3 Å². The fraction of sp³-hybridized carbons (Fsp3) is 0. The van der Waals surface area contributed by atoms with E-state index in [-0.39, 0.29) is 28.5 Å². The third-order valence-electron chi connectivity index (χ3n) is 0.556. The molecule has 38 valence electrons. The van der Waals surface area contributed by atoms with Crippen molar-refractivity contribution in [3.8, 4) is 0 Å². The van der Waals surface area contributed by atoms with Gasteiger partial charge in [-0.25, -0.2) is 12.1 Å². The third kappa shape index (κ3) is 3.88. The van der Waals surface area contributed by atoms with Crippen LogP contribution in [0, 0.1) is 7.43 Å². The largest absolute Gasteiger partial charge is 2.00 e. The van der Waals surface area contributed by atoms with E-state index in [1.165, 1.54) is 0 Å². The molecule has 0 spiro atoms. The Bertz CT molecular complexity index is 60.7. The molecule has 0 bridgehead atoms. The molecular weight excluding hydrogens is 256 g/mol. The molecule has 0 aromatic heterocycles. The Kier molecular flexibility index (Phi) is 8.72. The molecule has 1 heteroatoms. The van der Waals surface area contributed by atoms with Crippen molar-refractivity contribution in [1.29, 1.82) is 0 Å². The number of rotatable bonds is 0. The van der Waals surface area contributed by atoms with Crippen LogP contribution in [-0.2, 0) is 21.1 Å². The van der Waals surface area contributed by atoms with Gasteiger partial charge in [0.2, 0.25) is 0 Å². The van der Waals surface area contributed by atoms with Gasteiger partial charge in [0.05, 0.1) is 0 Å². The first-order valence-electron chi connectivity index (χ1n) is 1.67. The summed E-state index contributed by atoms with van der Waals surface area (Å²) >= 11 is 0. The van der Waals surface area contributed by atoms with Gasteiger partial charge >= 0.3 is 21.1 Å². The first kappa shape index (κ1) is 10.1. The molecule has 0 aliphatic carbocycles. The Labute approximate surface area is 59.2 Å². The van der Waals surface area contributed by atoms with Gasteiger partial charge in [0.15, 0.2) is 0 Å². The standard InChI is InChI=1S/C5H5.CH3.W/c1-2-4-5-3-1;;/h1-5H;1H3;/q2*-1;+2. The minimum atomic E-state index is 0. The second-order valence-electron chi connectivity index (χ2n) is 0.962. The van der Waals surface area contributed by atoms with Crippen molar-refractivity contribution >= 4 is 0 Å². The molecular formula is C6H8W. The van der Waals surface area contributed by atoms with Crippen LogP contribution in [0.4, 0.5) is 0 Å². The predicted octanol–water partition coefficient (Wildman–Crippen LogP) is 1.85. The summed E-state index contributed by atoms with van der Waals surface area (Å²) < 4.78 is 0. The monoisotopic (exact) mass is 264 g/mol. The summed E-state index contributed by atoms with van der Waals surface area (Å²) in [6.45, 7) is 0. The molecule has 0 fully saturated rings. The molecule has 1 aromatic carbocycles. The van der Waals surface area contributed by atoms with Crippen LogP contribution in [0.25, 0.3) is 0 Å². The Morgan fingerprint density at radius 2 is 1.43 bits per heavy atom. The second kappa shape index (κ2) is 6.04. The predicted molar refractivity (Wildman–Crippen MR) is 28.4 cm³/mol. The zero-order valence-electron chi connectivity index (χ0n) is 4.29. The summed E-state index contributed by atoms with van der Waals surface area (Å²) in [6.07, 6.45) is 0. The van der Waals surface area contributed by atoms with E-state index in [2.05, 4.69) is 0 Å². The maximum absolute atomic E-state index is 2.00. The summed E-state index contributed by atoms with van der Waals surface area (Å²) in [5.41, 5.74) is 0. The van der Waals surface area contributed by atoms with Crippen molar-refractivity contribution < 1.29 is 21.1 Å². The topological polar surface area (TPSA) is 0 Å². The normalized spacial score (nSPS) is 5.71. The molecule has 7 heavy (non-hydrogen) atoms. The Balaban J connectivity index is 0. The SMILES string of the molecule is [CH3-].[W+2].c1cc[cH-]c1. The summed E-state index contributed by atoms with van der Waals surface area (Å²) in [5, 5.41) is 0. The third-order valence-corrected chi connectivity index (χ3v) is 0.556. The van der Waals surface area contributed by atoms with Crippen molar-refractivity contribution in [2.45, 2.75) is 0 Å². The van der Waals surface area contributed by atoms with Crippen molar-refractivity contribution in [2.24, 2.45) is 0 Å². The molecule has 1 rings (SSSR count). The van der Waals surface area contributed by atoms with Crippen molar-refractivity contribution in [1.82, 2.24) is 0 Å². The van der Waals surface area contributed by atoms with Crippen LogP contribution in [0.1, 0.15) is 0 Å². The van der Waals surface area contributed by atoms with Gasteiger partial charge < -0.3 is 7.43 Å². The maximum Gasteiger partial charge on any atom is 2.00 e. The summed E-state index contributed by atoms with van der Waals surface area (Å²) in [6, 6.07) is 10.0. The molecule has 0 saturated carbocycles. The smallest absolute Gasteiger partial charge is 0.358 e. The van der Waals surface area contributed by atoms with E-state index < -0.39 is 0 Å². The Morgan fingerprint density at radius 3 is 1.57 bits per heavy atom. The first-order chi connectivity index (χ1) is 2.50. The van der Waals surface area contributed by atoms with Gasteiger partial charge in [0, 0.05) is 0 Å². The quantitative estimate of drug-likeness (QED) is 0.627. The van der Waals surface area contributed by atoms with E-state index in [4.69, 9.17) is 0 Å². The Hall–Kier alpha value is 0.0383. The summed E-state index contributed by atoms with van der Waals surface area (Å²) in [5.74, 6) is 0. The minimum absolute atomic E-state index is 0. The zero-order chi connectivity index (χ0) is 3.54. The molecule has 0 saturated heterocycles. The van der Waals surface area contributed by atoms with E-state index >= 15 is 0 Å². The molecule has 0 atom stereocenters. The Morgan fingerprint density at radius 1 is 1.00 bits per heavy atom. The van der Waals surface area contributed by atoms with Gasteiger partial charge in [-0.15, -0.1) is 0 Å². The van der Waals surface area contributed by atoms with Gasteiger partial charge in [-0.2, -0.15) is 18.2 Å². The molecule has 0 nitrogen and oxygen atoms in total. The van der Waals surface area contributed by atoms with Crippen molar-refractivity contribution in [3.63, 3.8) is 0 Å². The molecule has 0 heterocycles. The van der Waals surface area contributed by atoms with Crippen LogP contribution in [0.5, 0.6) is 0 Å². The molecule has 0 aliphatic heterocycles. The van der Waals surface area contributed by atoms with Crippen molar-refractivity contribution in [3.05, 3.63) is 37.8 Å². The van der Waals surface area contributed by atoms with Gasteiger partial charge in [-0.1, -0.05) is 0 Å². The number of hydrogen-bond donors (Lipinski definition) is 0. The maximum atomic E-state index is 2.00. The summed E-state index contributed by atoms with van der Waals surface area (Å²) in [7, 11) is 0. The zero-order valence-corrected chi connectivity index (χ0v) is 7.23. The molecule has 0 N–H and O–H groups in total. The minimum Gasteiger partial charge on any atom is -0.358 e. The first-order valence-corrected chi connectivity index (χ1v) is 1.67. The van der Waals surface area contributed by atoms with Gasteiger partial charge in [0.25, 0.3) is 0 Å². The van der Waals surface area contributed by atoms with Crippen LogP contribution in [-0.4, -0.2) is 0 Å². The van der Waals surface area contributed by atoms with E-state index in [0.29, 0.717) is 0 Å². The molecule has 0 radical (unpaired) electrons.